The van der Waals surface area contributed by atoms with Crippen LogP contribution in [0, 0.1) is 5.41 Å². The van der Waals surface area contributed by atoms with Crippen molar-refractivity contribution in [3.05, 3.63) is 0 Å². The van der Waals surface area contributed by atoms with Gasteiger partial charge in [0, 0.05) is 18.3 Å². The maximum Gasteiger partial charge on any atom is 0.305 e. The molecule has 0 amide bonds. The summed E-state index contributed by atoms with van der Waals surface area (Å²) in [5.74, 6) is -0.237. The summed E-state index contributed by atoms with van der Waals surface area (Å²) < 4.78 is 11.1. The molecular formula is C53H104O4. The molecule has 57 heavy (non-hydrogen) atoms. The van der Waals surface area contributed by atoms with E-state index in [0.717, 1.165) is 25.7 Å². The van der Waals surface area contributed by atoms with Crippen LogP contribution in [0.5, 0.6) is 0 Å². The molecule has 0 aliphatic rings. The lowest BCUT2D eigenvalue weighted by Crippen LogP contribution is -2.28. The molecular weight excluding hydrogens is 701 g/mol. The van der Waals surface area contributed by atoms with Crippen molar-refractivity contribution >= 4 is 11.9 Å². The van der Waals surface area contributed by atoms with Crippen LogP contribution in [0.15, 0.2) is 0 Å². The number of ether oxygens (including phenoxy) is 2. The van der Waals surface area contributed by atoms with Crippen molar-refractivity contribution in [1.29, 1.82) is 0 Å². The molecule has 0 bridgehead atoms. The molecule has 4 nitrogen and oxygen atoms in total. The predicted octanol–water partition coefficient (Wildman–Crippen LogP) is 18.3. The summed E-state index contributed by atoms with van der Waals surface area (Å²) >= 11 is 0. The van der Waals surface area contributed by atoms with Crippen molar-refractivity contribution in [3.8, 4) is 0 Å². The SMILES string of the molecule is CCCCCCCCCCCCCCCCCCCCCCCC(=O)OCC(C)(C)COC(=O)CCCCCCCCCCCCCCCCCCCCCCC. The quantitative estimate of drug-likeness (QED) is 0.0454. The van der Waals surface area contributed by atoms with Crippen LogP contribution in [0.25, 0.3) is 0 Å². The van der Waals surface area contributed by atoms with Gasteiger partial charge in [0.1, 0.15) is 0 Å². The van der Waals surface area contributed by atoms with Crippen LogP contribution in [0.1, 0.15) is 310 Å². The zero-order valence-corrected chi connectivity index (χ0v) is 39.7. The summed E-state index contributed by atoms with van der Waals surface area (Å²) in [5, 5.41) is 0. The lowest BCUT2D eigenvalue weighted by atomic mass is 9.96. The van der Waals surface area contributed by atoms with Gasteiger partial charge >= 0.3 is 11.9 Å². The Morgan fingerprint density at radius 2 is 0.439 bits per heavy atom. The summed E-state index contributed by atoms with van der Waals surface area (Å²) in [5.41, 5.74) is -0.356. The first-order chi connectivity index (χ1) is 27.9. The van der Waals surface area contributed by atoms with Gasteiger partial charge in [0.05, 0.1) is 13.2 Å². The number of hydrogen-bond acceptors (Lipinski definition) is 4. The summed E-state index contributed by atoms with van der Waals surface area (Å²) in [7, 11) is 0. The van der Waals surface area contributed by atoms with E-state index in [1.54, 1.807) is 0 Å². The number of carbonyl (C=O) groups excluding carboxylic acids is 2. The van der Waals surface area contributed by atoms with Gasteiger partial charge in [0.25, 0.3) is 0 Å². The maximum absolute atomic E-state index is 12.3. The summed E-state index contributed by atoms with van der Waals surface area (Å²) in [6.07, 6.45) is 58.2. The molecule has 0 aromatic carbocycles. The van der Waals surface area contributed by atoms with E-state index in [1.807, 2.05) is 13.8 Å². The summed E-state index contributed by atoms with van der Waals surface area (Å²) in [4.78, 5) is 24.6. The minimum absolute atomic E-state index is 0.119. The standard InChI is InChI=1S/C53H104O4/c1-5-7-9-11-13-15-17-19-21-23-25-27-29-31-33-35-37-39-41-43-45-47-51(54)56-49-53(3,4)50-57-52(55)48-46-44-42-40-38-36-34-32-30-28-26-24-22-20-18-16-14-12-10-8-6-2/h5-50H2,1-4H3. The third kappa shape index (κ3) is 47.5. The average Bonchev–Trinajstić information content (AvgIpc) is 3.20. The van der Waals surface area contributed by atoms with Crippen LogP contribution in [0.3, 0.4) is 0 Å². The fraction of sp³-hybridized carbons (Fsp3) is 0.962. The van der Waals surface area contributed by atoms with Gasteiger partial charge < -0.3 is 9.47 Å². The Labute approximate surface area is 358 Å². The van der Waals surface area contributed by atoms with E-state index >= 15 is 0 Å². The molecule has 0 aromatic rings. The molecule has 0 fully saturated rings. The topological polar surface area (TPSA) is 52.6 Å². The van der Waals surface area contributed by atoms with E-state index in [9.17, 15) is 9.59 Å². The van der Waals surface area contributed by atoms with Gasteiger partial charge in [-0.3, -0.25) is 9.59 Å². The average molecular weight is 805 g/mol. The second-order valence-electron chi connectivity index (χ2n) is 19.1. The van der Waals surface area contributed by atoms with Crippen molar-refractivity contribution in [2.75, 3.05) is 13.2 Å². The molecule has 0 saturated heterocycles. The molecule has 0 heterocycles. The Bertz CT molecular complexity index is 743. The molecule has 0 aliphatic heterocycles. The monoisotopic (exact) mass is 805 g/mol. The number of hydrogen-bond donors (Lipinski definition) is 0. The number of rotatable bonds is 48. The van der Waals surface area contributed by atoms with E-state index in [1.165, 1.54) is 244 Å². The van der Waals surface area contributed by atoms with Crippen molar-refractivity contribution in [1.82, 2.24) is 0 Å². The second kappa shape index (κ2) is 46.0. The molecule has 0 spiro atoms. The summed E-state index contributed by atoms with van der Waals surface area (Å²) in [6.45, 7) is 9.20. The highest BCUT2D eigenvalue weighted by Gasteiger charge is 2.22. The highest BCUT2D eigenvalue weighted by Crippen LogP contribution is 2.20. The van der Waals surface area contributed by atoms with Crippen molar-refractivity contribution in [3.63, 3.8) is 0 Å². The van der Waals surface area contributed by atoms with Gasteiger partial charge in [0.2, 0.25) is 0 Å². The molecule has 4 heteroatoms. The van der Waals surface area contributed by atoms with Gasteiger partial charge in [-0.1, -0.05) is 285 Å². The largest absolute Gasteiger partial charge is 0.465 e. The zero-order valence-electron chi connectivity index (χ0n) is 39.7. The maximum atomic E-state index is 12.3. The van der Waals surface area contributed by atoms with E-state index in [0.29, 0.717) is 26.1 Å². The van der Waals surface area contributed by atoms with Crippen molar-refractivity contribution in [2.24, 2.45) is 5.41 Å². The van der Waals surface area contributed by atoms with Gasteiger partial charge in [-0.2, -0.15) is 0 Å². The van der Waals surface area contributed by atoms with E-state index in [-0.39, 0.29) is 17.4 Å². The lowest BCUT2D eigenvalue weighted by Gasteiger charge is -2.23. The van der Waals surface area contributed by atoms with Crippen molar-refractivity contribution < 1.29 is 19.1 Å². The first-order valence-electron chi connectivity index (χ1n) is 26.2. The van der Waals surface area contributed by atoms with Gasteiger partial charge in [-0.05, 0) is 12.8 Å². The molecule has 0 radical (unpaired) electrons. The van der Waals surface area contributed by atoms with E-state index in [2.05, 4.69) is 13.8 Å². The highest BCUT2D eigenvalue weighted by molar-refractivity contribution is 5.69. The van der Waals surface area contributed by atoms with Gasteiger partial charge in [-0.15, -0.1) is 0 Å². The number of unbranched alkanes of at least 4 members (excludes halogenated alkanes) is 40. The Kier molecular flexibility index (Phi) is 45.2. The fourth-order valence-electron chi connectivity index (χ4n) is 8.14. The molecule has 0 saturated carbocycles. The molecule has 0 unspecified atom stereocenters. The Morgan fingerprint density at radius 3 is 0.614 bits per heavy atom. The van der Waals surface area contributed by atoms with Crippen LogP contribution in [0.2, 0.25) is 0 Å². The van der Waals surface area contributed by atoms with E-state index < -0.39 is 0 Å². The highest BCUT2D eigenvalue weighted by atomic mass is 16.5. The van der Waals surface area contributed by atoms with Gasteiger partial charge in [-0.25, -0.2) is 0 Å². The smallest absolute Gasteiger partial charge is 0.305 e. The first-order valence-corrected chi connectivity index (χ1v) is 26.2. The molecule has 0 aromatic heterocycles. The molecule has 0 atom stereocenters. The molecule has 0 aliphatic carbocycles. The van der Waals surface area contributed by atoms with Crippen LogP contribution < -0.4 is 0 Å². The van der Waals surface area contributed by atoms with Gasteiger partial charge in [0.15, 0.2) is 0 Å². The second-order valence-corrected chi connectivity index (χ2v) is 19.1. The van der Waals surface area contributed by atoms with Crippen LogP contribution in [-0.2, 0) is 19.1 Å². The van der Waals surface area contributed by atoms with Crippen LogP contribution in [0.4, 0.5) is 0 Å². The first kappa shape index (κ1) is 55.9. The summed E-state index contributed by atoms with van der Waals surface area (Å²) in [6, 6.07) is 0. The normalized spacial score (nSPS) is 11.7. The third-order valence-electron chi connectivity index (χ3n) is 12.2. The Morgan fingerprint density at radius 1 is 0.281 bits per heavy atom. The Hall–Kier alpha value is -1.06. The lowest BCUT2D eigenvalue weighted by molar-refractivity contribution is -0.152. The van der Waals surface area contributed by atoms with Crippen LogP contribution in [-0.4, -0.2) is 25.2 Å². The van der Waals surface area contributed by atoms with Crippen molar-refractivity contribution in [2.45, 2.75) is 310 Å². The minimum Gasteiger partial charge on any atom is -0.465 e. The third-order valence-corrected chi connectivity index (χ3v) is 12.2. The predicted molar refractivity (Wildman–Crippen MR) is 250 cm³/mol. The number of carbonyl (C=O) groups is 2. The molecule has 0 rings (SSSR count). The fourth-order valence-corrected chi connectivity index (χ4v) is 8.14. The minimum atomic E-state index is -0.356. The van der Waals surface area contributed by atoms with Crippen LogP contribution >= 0.6 is 0 Å². The zero-order chi connectivity index (χ0) is 41.6. The van der Waals surface area contributed by atoms with E-state index in [4.69, 9.17) is 9.47 Å². The molecule has 340 valence electrons. The molecule has 0 N–H and O–H groups in total. The Balaban J connectivity index is 3.42. The number of esters is 2.